The van der Waals surface area contributed by atoms with Crippen LogP contribution in [0, 0.1) is 0 Å². The van der Waals surface area contributed by atoms with Gasteiger partial charge in [-0.25, -0.2) is 4.98 Å². The number of aromatic nitrogens is 5. The number of likely N-dealkylation sites (tertiary alicyclic amines) is 1. The van der Waals surface area contributed by atoms with Crippen LogP contribution in [0.2, 0.25) is 0 Å². The molecule has 1 aliphatic rings. The fourth-order valence-electron chi connectivity index (χ4n) is 3.29. The van der Waals surface area contributed by atoms with Gasteiger partial charge in [0.05, 0.1) is 10.9 Å². The number of hydrogen-bond acceptors (Lipinski definition) is 5. The van der Waals surface area contributed by atoms with Crippen LogP contribution in [-0.4, -0.2) is 48.7 Å². The van der Waals surface area contributed by atoms with Gasteiger partial charge in [-0.3, -0.25) is 4.79 Å². The summed E-state index contributed by atoms with van der Waals surface area (Å²) in [5.74, 6) is -1.46. The molecule has 0 radical (unpaired) electrons. The molecule has 1 fully saturated rings. The van der Waals surface area contributed by atoms with E-state index in [0.717, 1.165) is 24.1 Å². The second kappa shape index (κ2) is 6.35. The number of alkyl halides is 3. The summed E-state index contributed by atoms with van der Waals surface area (Å²) in [5, 5.41) is 3.68. The lowest BCUT2D eigenvalue weighted by atomic mass is 10.1. The van der Waals surface area contributed by atoms with E-state index in [1.165, 1.54) is 25.5 Å². The number of nitrogens with zero attached hydrogens (tertiary/aromatic N) is 6. The van der Waals surface area contributed by atoms with Gasteiger partial charge in [-0.2, -0.15) is 22.7 Å². The van der Waals surface area contributed by atoms with Crippen LogP contribution in [0.3, 0.4) is 0 Å². The van der Waals surface area contributed by atoms with E-state index in [-0.39, 0.29) is 22.2 Å². The molecule has 4 rings (SSSR count). The van der Waals surface area contributed by atoms with Gasteiger partial charge in [-0.05, 0) is 32.0 Å². The normalized spacial score (nSPS) is 16.6. The molecule has 26 heavy (non-hydrogen) atoms. The topological polar surface area (TPSA) is 68.3 Å². The van der Waals surface area contributed by atoms with Crippen molar-refractivity contribution in [1.82, 2.24) is 29.0 Å². The predicted molar refractivity (Wildman–Crippen MR) is 87.8 cm³/mol. The Morgan fingerprint density at radius 3 is 2.62 bits per heavy atom. The zero-order chi connectivity index (χ0) is 18.3. The molecule has 0 aliphatic carbocycles. The van der Waals surface area contributed by atoms with Crippen molar-refractivity contribution in [3.8, 4) is 0 Å². The maximum Gasteiger partial charge on any atom is 0.453 e. The van der Waals surface area contributed by atoms with E-state index in [9.17, 15) is 18.0 Å². The molecule has 138 valence electrons. The number of rotatable bonds is 3. The lowest BCUT2D eigenvalue weighted by Gasteiger charge is -2.26. The highest BCUT2D eigenvalue weighted by Gasteiger charge is 2.36. The molecule has 3 aromatic heterocycles. The number of halogens is 3. The second-order valence-electron chi connectivity index (χ2n) is 6.42. The molecule has 0 saturated carbocycles. The first kappa shape index (κ1) is 17.0. The van der Waals surface area contributed by atoms with Crippen molar-refractivity contribution in [2.45, 2.75) is 32.0 Å². The third kappa shape index (κ3) is 3.05. The lowest BCUT2D eigenvalue weighted by molar-refractivity contribution is -0.144. The molecule has 0 spiro atoms. The Balaban J connectivity index is 1.68. The molecule has 0 bridgehead atoms. The molecular formula is C16H17F3N6O. The van der Waals surface area contributed by atoms with Crippen molar-refractivity contribution in [2.24, 2.45) is 0 Å². The van der Waals surface area contributed by atoms with Gasteiger partial charge >= 0.3 is 6.18 Å². The van der Waals surface area contributed by atoms with Crippen molar-refractivity contribution in [3.63, 3.8) is 0 Å². The zero-order valence-electron chi connectivity index (χ0n) is 13.9. The molecule has 0 unspecified atom stereocenters. The Morgan fingerprint density at radius 1 is 1.12 bits per heavy atom. The second-order valence-corrected chi connectivity index (χ2v) is 6.42. The van der Waals surface area contributed by atoms with Crippen LogP contribution >= 0.6 is 0 Å². The Morgan fingerprint density at radius 2 is 1.88 bits per heavy atom. The lowest BCUT2D eigenvalue weighted by Crippen LogP contribution is -2.34. The summed E-state index contributed by atoms with van der Waals surface area (Å²) in [6.07, 6.45) is 1.77. The minimum absolute atomic E-state index is 0.185. The third-order valence-electron chi connectivity index (χ3n) is 4.67. The summed E-state index contributed by atoms with van der Waals surface area (Å²) >= 11 is 0. The van der Waals surface area contributed by atoms with E-state index in [0.29, 0.717) is 6.54 Å². The molecule has 0 atom stereocenters. The summed E-state index contributed by atoms with van der Waals surface area (Å²) in [7, 11) is 0. The van der Waals surface area contributed by atoms with Crippen LogP contribution in [0.25, 0.3) is 16.7 Å². The molecular weight excluding hydrogens is 349 g/mol. The smallest absolute Gasteiger partial charge is 0.314 e. The van der Waals surface area contributed by atoms with Crippen LogP contribution < -0.4 is 5.56 Å². The number of fused-ring (bicyclic) bond motifs is 3. The van der Waals surface area contributed by atoms with Gasteiger partial charge in [0.1, 0.15) is 0 Å². The number of hydrogen-bond donors (Lipinski definition) is 0. The van der Waals surface area contributed by atoms with E-state index < -0.39 is 12.0 Å². The van der Waals surface area contributed by atoms with Gasteiger partial charge in [0.25, 0.3) is 17.2 Å². The fraction of sp³-hybridized carbons (Fsp3) is 0.500. The first-order chi connectivity index (χ1) is 12.4. The third-order valence-corrected chi connectivity index (χ3v) is 4.67. The van der Waals surface area contributed by atoms with Crippen molar-refractivity contribution in [2.75, 3.05) is 19.6 Å². The average Bonchev–Trinajstić information content (AvgIpc) is 3.07. The Labute approximate surface area is 146 Å². The highest BCUT2D eigenvalue weighted by molar-refractivity contribution is 5.78. The zero-order valence-corrected chi connectivity index (χ0v) is 13.9. The van der Waals surface area contributed by atoms with Gasteiger partial charge in [-0.15, -0.1) is 5.10 Å². The molecule has 0 amide bonds. The first-order valence-corrected chi connectivity index (χ1v) is 8.48. The quantitative estimate of drug-likeness (QED) is 0.709. The molecule has 10 heteroatoms. The highest BCUT2D eigenvalue weighted by atomic mass is 19.4. The molecule has 0 N–H and O–H groups in total. The first-order valence-electron chi connectivity index (χ1n) is 8.48. The molecule has 4 heterocycles. The van der Waals surface area contributed by atoms with Crippen molar-refractivity contribution in [3.05, 3.63) is 34.6 Å². The van der Waals surface area contributed by atoms with E-state index >= 15 is 0 Å². The molecule has 7 nitrogen and oxygen atoms in total. The summed E-state index contributed by atoms with van der Waals surface area (Å²) < 4.78 is 41.0. The summed E-state index contributed by atoms with van der Waals surface area (Å²) in [4.78, 5) is 22.2. The Bertz CT molecular complexity index is 1000. The maximum atomic E-state index is 12.8. The standard InChI is InChI=1S/C16H17F3N6O/c17-16(18,19)14-21-15-20-10-11-12(25(15)22-14)4-7-24(13(11)26)9-8-23-5-2-1-3-6-23/h4,7,10H,1-3,5-6,8-9H2. The van der Waals surface area contributed by atoms with E-state index in [1.54, 1.807) is 16.8 Å². The minimum Gasteiger partial charge on any atom is -0.314 e. The van der Waals surface area contributed by atoms with Crippen molar-refractivity contribution in [1.29, 1.82) is 0 Å². The predicted octanol–water partition coefficient (Wildman–Crippen LogP) is 1.94. The van der Waals surface area contributed by atoms with Gasteiger partial charge < -0.3 is 9.47 Å². The largest absolute Gasteiger partial charge is 0.453 e. The van der Waals surface area contributed by atoms with E-state index in [1.807, 2.05) is 0 Å². The minimum atomic E-state index is -4.66. The Hall–Kier alpha value is -2.49. The molecule has 0 aromatic carbocycles. The number of piperidine rings is 1. The summed E-state index contributed by atoms with van der Waals surface area (Å²) in [6, 6.07) is 1.58. The van der Waals surface area contributed by atoms with Crippen LogP contribution in [0.4, 0.5) is 13.2 Å². The van der Waals surface area contributed by atoms with Crippen LogP contribution in [0.1, 0.15) is 25.1 Å². The Kier molecular flexibility index (Phi) is 4.14. The van der Waals surface area contributed by atoms with Crippen LogP contribution in [-0.2, 0) is 12.7 Å². The molecule has 3 aromatic rings. The molecule has 1 saturated heterocycles. The fourth-order valence-corrected chi connectivity index (χ4v) is 3.29. The van der Waals surface area contributed by atoms with E-state index in [2.05, 4.69) is 20.0 Å². The SMILES string of the molecule is O=c1c2cnc3nc(C(F)(F)F)nn3c2ccn1CCN1CCCCC1. The average molecular weight is 366 g/mol. The monoisotopic (exact) mass is 366 g/mol. The number of pyridine rings is 1. The molecule has 1 aliphatic heterocycles. The van der Waals surface area contributed by atoms with Gasteiger partial charge in [0.15, 0.2) is 0 Å². The van der Waals surface area contributed by atoms with E-state index in [4.69, 9.17) is 0 Å². The maximum absolute atomic E-state index is 12.8. The summed E-state index contributed by atoms with van der Waals surface area (Å²) in [5.41, 5.74) is -0.0322. The van der Waals surface area contributed by atoms with Gasteiger partial charge in [0, 0.05) is 25.5 Å². The van der Waals surface area contributed by atoms with Crippen molar-refractivity contribution < 1.29 is 13.2 Å². The highest BCUT2D eigenvalue weighted by Crippen LogP contribution is 2.26. The summed E-state index contributed by atoms with van der Waals surface area (Å²) in [6.45, 7) is 3.36. The van der Waals surface area contributed by atoms with Crippen molar-refractivity contribution >= 4 is 16.7 Å². The van der Waals surface area contributed by atoms with Gasteiger partial charge in [0.2, 0.25) is 0 Å². The van der Waals surface area contributed by atoms with Gasteiger partial charge in [-0.1, -0.05) is 6.42 Å². The van der Waals surface area contributed by atoms with Crippen LogP contribution in [0.5, 0.6) is 0 Å². The van der Waals surface area contributed by atoms with Crippen LogP contribution in [0.15, 0.2) is 23.3 Å².